The predicted octanol–water partition coefficient (Wildman–Crippen LogP) is 3.21. The van der Waals surface area contributed by atoms with Crippen LogP contribution in [0, 0.1) is 10.1 Å². The molecule has 0 bridgehead atoms. The molecule has 1 aromatic rings. The summed E-state index contributed by atoms with van der Waals surface area (Å²) in [5, 5.41) is 11.9. The van der Waals surface area contributed by atoms with Gasteiger partial charge in [-0.05, 0) is 31.4 Å². The van der Waals surface area contributed by atoms with Gasteiger partial charge in [0.05, 0.1) is 17.1 Å². The molecule has 5 nitrogen and oxygen atoms in total. The summed E-state index contributed by atoms with van der Waals surface area (Å²) in [5.41, 5.74) is 0.543. The summed E-state index contributed by atoms with van der Waals surface area (Å²) in [5.74, 6) is -0.178. The number of allylic oxidation sites excluding steroid dienone is 1. The van der Waals surface area contributed by atoms with Gasteiger partial charge in [-0.1, -0.05) is 6.92 Å². The largest absolute Gasteiger partial charge is 0.462 e. The van der Waals surface area contributed by atoms with E-state index in [2.05, 4.69) is 0 Å². The summed E-state index contributed by atoms with van der Waals surface area (Å²) >= 11 is 1.47. The van der Waals surface area contributed by atoms with Gasteiger partial charge >= 0.3 is 5.97 Å². The highest BCUT2D eigenvalue weighted by molar-refractivity contribution is 7.10. The number of hydrogen-bond donors (Lipinski definition) is 0. The Morgan fingerprint density at radius 1 is 1.67 bits per heavy atom. The molecule has 0 aliphatic heterocycles. The van der Waals surface area contributed by atoms with Crippen molar-refractivity contribution in [2.45, 2.75) is 26.2 Å². The third kappa shape index (κ3) is 4.29. The van der Waals surface area contributed by atoms with E-state index in [1.807, 2.05) is 6.92 Å². The summed E-state index contributed by atoms with van der Waals surface area (Å²) in [7, 11) is 0. The zero-order valence-electron chi connectivity index (χ0n) is 10.3. The van der Waals surface area contributed by atoms with Gasteiger partial charge < -0.3 is 4.74 Å². The normalized spacial score (nSPS) is 12.6. The summed E-state index contributed by atoms with van der Waals surface area (Å²) in [6.07, 6.45) is 3.04. The molecule has 1 aromatic heterocycles. The van der Waals surface area contributed by atoms with Gasteiger partial charge in [-0.3, -0.25) is 10.1 Å². The molecule has 0 radical (unpaired) electrons. The van der Waals surface area contributed by atoms with Gasteiger partial charge in [0.15, 0.2) is 0 Å². The van der Waals surface area contributed by atoms with Gasteiger partial charge in [0.25, 0.3) is 0 Å². The van der Waals surface area contributed by atoms with Crippen LogP contribution in [-0.4, -0.2) is 17.5 Å². The number of esters is 1. The number of rotatable bonds is 6. The van der Waals surface area contributed by atoms with Crippen molar-refractivity contribution in [3.8, 4) is 0 Å². The van der Waals surface area contributed by atoms with Crippen LogP contribution in [0.25, 0.3) is 0 Å². The first kappa shape index (κ1) is 14.4. The first-order valence-electron chi connectivity index (χ1n) is 5.60. The molecule has 0 saturated heterocycles. The van der Waals surface area contributed by atoms with Crippen molar-refractivity contribution < 1.29 is 14.5 Å². The topological polar surface area (TPSA) is 69.4 Å². The molecule has 0 aliphatic carbocycles. The Kier molecular flexibility index (Phi) is 5.51. The standard InChI is InChI=1S/C12H15NO4S/c1-3-17-12(14)10-7-11(18-8-10)9(2)5-4-6-13(15)16/h4,6-9H,3,5H2,1-2H3. The smallest absolute Gasteiger partial charge is 0.338 e. The van der Waals surface area contributed by atoms with Crippen LogP contribution < -0.4 is 0 Å². The minimum absolute atomic E-state index is 0.148. The Bertz CT molecular complexity index is 453. The van der Waals surface area contributed by atoms with Crippen molar-refractivity contribution in [2.24, 2.45) is 0 Å². The molecular weight excluding hydrogens is 254 g/mol. The van der Waals surface area contributed by atoms with Crippen LogP contribution in [0.2, 0.25) is 0 Å². The fourth-order valence-corrected chi connectivity index (χ4v) is 2.35. The van der Waals surface area contributed by atoms with Crippen LogP contribution in [0.3, 0.4) is 0 Å². The van der Waals surface area contributed by atoms with Gasteiger partial charge in [0.1, 0.15) is 0 Å². The average Bonchev–Trinajstić information content (AvgIpc) is 2.78. The Labute approximate surface area is 109 Å². The predicted molar refractivity (Wildman–Crippen MR) is 69.4 cm³/mol. The SMILES string of the molecule is CCOC(=O)c1csc(C(C)CC=C[N+](=O)[O-])c1. The third-order valence-electron chi connectivity index (χ3n) is 2.33. The van der Waals surface area contributed by atoms with E-state index in [9.17, 15) is 14.9 Å². The lowest BCUT2D eigenvalue weighted by molar-refractivity contribution is -0.402. The maximum atomic E-state index is 11.5. The molecule has 1 heterocycles. The minimum Gasteiger partial charge on any atom is -0.462 e. The number of thiophene rings is 1. The van der Waals surface area contributed by atoms with Gasteiger partial charge in [-0.15, -0.1) is 11.3 Å². The summed E-state index contributed by atoms with van der Waals surface area (Å²) < 4.78 is 4.90. The quantitative estimate of drug-likeness (QED) is 0.451. The highest BCUT2D eigenvalue weighted by atomic mass is 32.1. The molecule has 0 aromatic carbocycles. The molecule has 1 unspecified atom stereocenters. The monoisotopic (exact) mass is 269 g/mol. The van der Waals surface area contributed by atoms with Crippen molar-refractivity contribution in [3.63, 3.8) is 0 Å². The lowest BCUT2D eigenvalue weighted by atomic mass is 10.1. The number of carbonyl (C=O) groups excluding carboxylic acids is 1. The second-order valence-corrected chi connectivity index (χ2v) is 4.71. The Balaban J connectivity index is 2.62. The van der Waals surface area contributed by atoms with Crippen LogP contribution in [0.4, 0.5) is 0 Å². The van der Waals surface area contributed by atoms with Crippen molar-refractivity contribution in [1.82, 2.24) is 0 Å². The second-order valence-electron chi connectivity index (χ2n) is 3.77. The summed E-state index contributed by atoms with van der Waals surface area (Å²) in [6, 6.07) is 1.79. The molecular formula is C12H15NO4S. The van der Waals surface area contributed by atoms with Crippen LogP contribution in [0.5, 0.6) is 0 Å². The molecule has 1 atom stereocenters. The summed E-state index contributed by atoms with van der Waals surface area (Å²) in [4.78, 5) is 22.1. The van der Waals surface area contributed by atoms with Crippen molar-refractivity contribution >= 4 is 17.3 Å². The van der Waals surface area contributed by atoms with Gasteiger partial charge in [0, 0.05) is 10.3 Å². The molecule has 0 N–H and O–H groups in total. The van der Waals surface area contributed by atoms with Crippen LogP contribution in [-0.2, 0) is 4.74 Å². The van der Waals surface area contributed by atoms with E-state index in [0.29, 0.717) is 18.6 Å². The molecule has 18 heavy (non-hydrogen) atoms. The molecule has 6 heteroatoms. The van der Waals surface area contributed by atoms with E-state index < -0.39 is 4.92 Å². The number of ether oxygens (including phenoxy) is 1. The molecule has 0 aliphatic rings. The van der Waals surface area contributed by atoms with E-state index in [1.165, 1.54) is 17.4 Å². The van der Waals surface area contributed by atoms with Crippen molar-refractivity contribution in [3.05, 3.63) is 44.3 Å². The molecule has 0 fully saturated rings. The maximum Gasteiger partial charge on any atom is 0.338 e. The number of carbonyl (C=O) groups is 1. The molecule has 0 saturated carbocycles. The van der Waals surface area contributed by atoms with E-state index in [4.69, 9.17) is 4.74 Å². The first-order valence-corrected chi connectivity index (χ1v) is 6.48. The van der Waals surface area contributed by atoms with Crippen LogP contribution in [0.1, 0.15) is 41.4 Å². The summed E-state index contributed by atoms with van der Waals surface area (Å²) in [6.45, 7) is 4.08. The maximum absolute atomic E-state index is 11.5. The van der Waals surface area contributed by atoms with Crippen molar-refractivity contribution in [1.29, 1.82) is 0 Å². The minimum atomic E-state index is -0.481. The fraction of sp³-hybridized carbons (Fsp3) is 0.417. The Hall–Kier alpha value is -1.69. The lowest BCUT2D eigenvalue weighted by Crippen LogP contribution is -2.02. The Morgan fingerprint density at radius 2 is 2.39 bits per heavy atom. The lowest BCUT2D eigenvalue weighted by Gasteiger charge is -2.03. The zero-order valence-corrected chi connectivity index (χ0v) is 11.1. The van der Waals surface area contributed by atoms with Gasteiger partial charge in [0.2, 0.25) is 6.20 Å². The first-order chi connectivity index (χ1) is 8.54. The average molecular weight is 269 g/mol. The van der Waals surface area contributed by atoms with E-state index in [-0.39, 0.29) is 11.9 Å². The fourth-order valence-electron chi connectivity index (χ4n) is 1.40. The second kappa shape index (κ2) is 6.90. The molecule has 0 spiro atoms. The molecule has 1 rings (SSSR count). The van der Waals surface area contributed by atoms with Crippen LogP contribution >= 0.6 is 11.3 Å². The van der Waals surface area contributed by atoms with Gasteiger partial charge in [-0.2, -0.15) is 0 Å². The highest BCUT2D eigenvalue weighted by Crippen LogP contribution is 2.26. The molecule has 0 amide bonds. The van der Waals surface area contributed by atoms with Crippen LogP contribution in [0.15, 0.2) is 23.7 Å². The third-order valence-corrected chi connectivity index (χ3v) is 3.50. The van der Waals surface area contributed by atoms with Gasteiger partial charge in [-0.25, -0.2) is 4.79 Å². The van der Waals surface area contributed by atoms with E-state index >= 15 is 0 Å². The zero-order chi connectivity index (χ0) is 13.5. The van der Waals surface area contributed by atoms with E-state index in [0.717, 1.165) is 11.1 Å². The number of nitro groups is 1. The van der Waals surface area contributed by atoms with Crippen molar-refractivity contribution in [2.75, 3.05) is 6.61 Å². The number of hydrogen-bond acceptors (Lipinski definition) is 5. The Morgan fingerprint density at radius 3 is 3.00 bits per heavy atom. The highest BCUT2D eigenvalue weighted by Gasteiger charge is 2.13. The molecule has 98 valence electrons. The van der Waals surface area contributed by atoms with E-state index in [1.54, 1.807) is 18.4 Å². The number of nitrogens with zero attached hydrogens (tertiary/aromatic N) is 1.